The molecular formula is C33H35Cl2FN7O3S+. The van der Waals surface area contributed by atoms with Crippen molar-refractivity contribution in [3.8, 4) is 16.9 Å². The third-order valence-electron chi connectivity index (χ3n) is 9.11. The van der Waals surface area contributed by atoms with E-state index in [1.807, 2.05) is 24.3 Å². The molecule has 1 saturated heterocycles. The van der Waals surface area contributed by atoms with Gasteiger partial charge in [0, 0.05) is 60.9 Å². The molecule has 0 aliphatic carbocycles. The fraction of sp³-hybridized carbons (Fsp3) is 0.394. The lowest BCUT2D eigenvalue weighted by Crippen LogP contribution is -2.43. The van der Waals surface area contributed by atoms with Crippen LogP contribution in [0.25, 0.3) is 22.0 Å². The van der Waals surface area contributed by atoms with Crippen molar-refractivity contribution < 1.29 is 23.6 Å². The summed E-state index contributed by atoms with van der Waals surface area (Å²) in [4.78, 5) is 23.5. The lowest BCUT2D eigenvalue weighted by molar-refractivity contribution is -0.692. The summed E-state index contributed by atoms with van der Waals surface area (Å²) in [5.74, 6) is 0.401. The second-order valence-corrected chi connectivity index (χ2v) is 13.8. The number of thiazole rings is 1. The van der Waals surface area contributed by atoms with Crippen LogP contribution in [0.15, 0.2) is 54.4 Å². The van der Waals surface area contributed by atoms with Crippen LogP contribution in [-0.2, 0) is 17.8 Å². The lowest BCUT2D eigenvalue weighted by Gasteiger charge is -2.35. The van der Waals surface area contributed by atoms with Gasteiger partial charge in [-0.05, 0) is 49.9 Å². The van der Waals surface area contributed by atoms with E-state index >= 15 is 0 Å². The zero-order valence-corrected chi connectivity index (χ0v) is 28.0. The van der Waals surface area contributed by atoms with Gasteiger partial charge in [-0.2, -0.15) is 5.10 Å². The van der Waals surface area contributed by atoms with Crippen LogP contribution in [0.2, 0.25) is 10.0 Å². The summed E-state index contributed by atoms with van der Waals surface area (Å²) in [6, 6.07) is 8.98. The van der Waals surface area contributed by atoms with Crippen LogP contribution in [0.3, 0.4) is 0 Å². The molecule has 47 heavy (non-hydrogen) atoms. The van der Waals surface area contributed by atoms with E-state index in [1.165, 1.54) is 16.0 Å². The van der Waals surface area contributed by atoms with Gasteiger partial charge in [0.25, 0.3) is 5.91 Å². The number of fused-ring (bicyclic) bond motifs is 2. The first kappa shape index (κ1) is 32.0. The molecule has 246 valence electrons. The average molecular weight is 700 g/mol. The molecule has 2 aliphatic rings. The summed E-state index contributed by atoms with van der Waals surface area (Å²) in [5, 5.41) is 20.5. The Balaban J connectivity index is 1.15. The number of hydrogen-bond donors (Lipinski definition) is 3. The maximum Gasteiger partial charge on any atom is 0.259 e. The Labute approximate surface area is 285 Å². The number of benzene rings is 2. The molecule has 3 N–H and O–H groups in total. The predicted octanol–water partition coefficient (Wildman–Crippen LogP) is 5.82. The topological polar surface area (TPSA) is 112 Å². The van der Waals surface area contributed by atoms with Crippen LogP contribution < -0.4 is 14.6 Å². The smallest absolute Gasteiger partial charge is 0.259 e. The number of H-pyrrole nitrogens is 1. The number of nitrogens with one attached hydrogen (secondary N) is 2. The number of likely N-dealkylation sites (tertiary alicyclic amines) is 1. The van der Waals surface area contributed by atoms with Gasteiger partial charge in [-0.25, -0.2) is 18.9 Å². The normalized spacial score (nSPS) is 18.4. The quantitative estimate of drug-likeness (QED) is 0.159. The van der Waals surface area contributed by atoms with Gasteiger partial charge < -0.3 is 14.7 Å². The average Bonchev–Trinajstić information content (AvgIpc) is 3.87. The van der Waals surface area contributed by atoms with Crippen molar-refractivity contribution in [1.29, 1.82) is 0 Å². The molecule has 2 unspecified atom stereocenters. The van der Waals surface area contributed by atoms with Crippen molar-refractivity contribution in [3.05, 3.63) is 75.9 Å². The number of carbonyl (C=O) groups excluding carboxylic acids is 1. The van der Waals surface area contributed by atoms with Crippen LogP contribution in [-0.4, -0.2) is 73.7 Å². The number of alkyl halides is 1. The zero-order valence-electron chi connectivity index (χ0n) is 25.7. The van der Waals surface area contributed by atoms with E-state index in [-0.39, 0.29) is 31.6 Å². The fourth-order valence-electron chi connectivity index (χ4n) is 6.60. The number of aromatic amines is 1. The molecule has 2 aliphatic heterocycles. The number of amides is 1. The Morgan fingerprint density at radius 2 is 2.06 bits per heavy atom. The van der Waals surface area contributed by atoms with Gasteiger partial charge in [-0.1, -0.05) is 35.3 Å². The van der Waals surface area contributed by atoms with Crippen LogP contribution in [0.1, 0.15) is 43.6 Å². The van der Waals surface area contributed by atoms with E-state index in [2.05, 4.69) is 27.1 Å². The summed E-state index contributed by atoms with van der Waals surface area (Å²) in [7, 11) is 0. The van der Waals surface area contributed by atoms with E-state index in [1.54, 1.807) is 34.7 Å². The maximum atomic E-state index is 14.4. The first-order valence-corrected chi connectivity index (χ1v) is 17.4. The number of aliphatic hydroxyl groups excluding tert-OH is 1. The van der Waals surface area contributed by atoms with Crippen molar-refractivity contribution in [2.24, 2.45) is 0 Å². The second kappa shape index (κ2) is 13.5. The molecule has 5 heterocycles. The summed E-state index contributed by atoms with van der Waals surface area (Å²) in [6.07, 6.45) is 6.93. The molecule has 14 heteroatoms. The lowest BCUT2D eigenvalue weighted by atomic mass is 10.0. The summed E-state index contributed by atoms with van der Waals surface area (Å²) >= 11 is 15.1. The van der Waals surface area contributed by atoms with Gasteiger partial charge in [0.15, 0.2) is 22.6 Å². The Morgan fingerprint density at radius 3 is 2.79 bits per heavy atom. The summed E-state index contributed by atoms with van der Waals surface area (Å²) in [6.45, 7) is 4.47. The molecule has 10 nitrogen and oxygen atoms in total. The molecule has 0 radical (unpaired) electrons. The van der Waals surface area contributed by atoms with Gasteiger partial charge in [-0.3, -0.25) is 14.8 Å². The minimum absolute atomic E-state index is 0.132. The number of halogens is 3. The van der Waals surface area contributed by atoms with Crippen molar-refractivity contribution in [1.82, 2.24) is 24.6 Å². The molecular weight excluding hydrogens is 664 g/mol. The highest BCUT2D eigenvalue weighted by Gasteiger charge is 2.39. The van der Waals surface area contributed by atoms with Crippen molar-refractivity contribution in [3.63, 3.8) is 0 Å². The standard InChI is InChI=1S/C33H34Cl2FN7O3S/c1-19(8-12-44)41-10-6-23(7-11-41)46-22-4-2-20(3-5-22)24-15-26(34)25-17-43(40-29(25)28(24)35)31(32(45)39-33-37-9-13-47-33)30-27-14-21(36)16-42(27)18-38-30/h2-5,9,13,15,17-19,21,23,31,44H,6-8,10-12,14,16H2,1H3,(H,37,39,45)/p+1/t19?,21-,31?/m1/s1. The Bertz CT molecular complexity index is 1870. The van der Waals surface area contributed by atoms with Crippen molar-refractivity contribution in [2.75, 3.05) is 25.0 Å². The van der Waals surface area contributed by atoms with Gasteiger partial charge in [-0.15, -0.1) is 11.3 Å². The molecule has 0 spiro atoms. The fourth-order valence-corrected chi connectivity index (χ4v) is 7.68. The van der Waals surface area contributed by atoms with Crippen LogP contribution >= 0.6 is 34.5 Å². The third-order valence-corrected chi connectivity index (χ3v) is 10.5. The maximum absolute atomic E-state index is 14.4. The van der Waals surface area contributed by atoms with Gasteiger partial charge in [0.05, 0.1) is 10.0 Å². The molecule has 2 aromatic carbocycles. The molecule has 1 amide bonds. The number of ether oxygens (including phenoxy) is 1. The van der Waals surface area contributed by atoms with E-state index in [4.69, 9.17) is 33.0 Å². The number of rotatable bonds is 10. The monoisotopic (exact) mass is 698 g/mol. The van der Waals surface area contributed by atoms with Crippen molar-refractivity contribution >= 4 is 56.5 Å². The predicted molar refractivity (Wildman–Crippen MR) is 180 cm³/mol. The first-order valence-electron chi connectivity index (χ1n) is 15.7. The molecule has 3 aromatic heterocycles. The first-order chi connectivity index (χ1) is 22.8. The van der Waals surface area contributed by atoms with Gasteiger partial charge >= 0.3 is 0 Å². The van der Waals surface area contributed by atoms with Crippen LogP contribution in [0.4, 0.5) is 9.52 Å². The highest BCUT2D eigenvalue weighted by molar-refractivity contribution is 7.13. The Kier molecular flexibility index (Phi) is 9.21. The van der Waals surface area contributed by atoms with Crippen LogP contribution in [0.5, 0.6) is 5.75 Å². The second-order valence-electron chi connectivity index (χ2n) is 12.1. The SMILES string of the molecule is CC(CCO)N1CCC(Oc2ccc(-c3cc(Cl)c4cn(C(C(=O)Nc5nccs5)c5[nH]c[n+]6c5C[C@@H](F)C6)nc4c3Cl)cc2)CC1. The highest BCUT2D eigenvalue weighted by Crippen LogP contribution is 2.40. The number of nitrogens with zero attached hydrogens (tertiary/aromatic N) is 5. The number of piperidine rings is 1. The number of aliphatic hydroxyl groups is 1. The highest BCUT2D eigenvalue weighted by atomic mass is 35.5. The summed E-state index contributed by atoms with van der Waals surface area (Å²) in [5.41, 5.74) is 3.24. The molecule has 5 aromatic rings. The van der Waals surface area contributed by atoms with Gasteiger partial charge in [0.1, 0.15) is 30.1 Å². The number of hydrogen-bond acceptors (Lipinski definition) is 7. The molecule has 0 saturated carbocycles. The molecule has 7 rings (SSSR count). The molecule has 3 atom stereocenters. The van der Waals surface area contributed by atoms with Gasteiger partial charge in [0.2, 0.25) is 6.33 Å². The molecule has 0 bridgehead atoms. The Hall–Kier alpha value is -3.55. The minimum atomic E-state index is -1.03. The largest absolute Gasteiger partial charge is 0.490 e. The number of aromatic nitrogens is 5. The number of imidazole rings is 1. The zero-order chi connectivity index (χ0) is 32.7. The van der Waals surface area contributed by atoms with Crippen LogP contribution in [0, 0.1) is 0 Å². The molecule has 1 fully saturated rings. The number of carbonyl (C=O) groups is 1. The van der Waals surface area contributed by atoms with Crippen molar-refractivity contribution in [2.45, 2.75) is 63.5 Å². The van der Waals surface area contributed by atoms with E-state index in [9.17, 15) is 14.3 Å². The van der Waals surface area contributed by atoms with E-state index in [0.717, 1.165) is 43.7 Å². The third kappa shape index (κ3) is 6.49. The number of anilines is 1. The van der Waals surface area contributed by atoms with E-state index in [0.29, 0.717) is 49.1 Å². The minimum Gasteiger partial charge on any atom is -0.490 e. The summed E-state index contributed by atoms with van der Waals surface area (Å²) < 4.78 is 24.0. The Morgan fingerprint density at radius 1 is 1.28 bits per heavy atom. The van der Waals surface area contributed by atoms with E-state index < -0.39 is 12.2 Å².